The first kappa shape index (κ1) is 20.3. The fourth-order valence-corrected chi connectivity index (χ4v) is 6.48. The number of nitrogens with one attached hydrogen (secondary N) is 1. The number of nitrogens with zero attached hydrogens (tertiary/aromatic N) is 2. The van der Waals surface area contributed by atoms with E-state index < -0.39 is 17.7 Å². The third kappa shape index (κ3) is 4.02. The lowest BCUT2D eigenvalue weighted by molar-refractivity contribution is -0.149. The predicted octanol–water partition coefficient (Wildman–Crippen LogP) is 4.33. The van der Waals surface area contributed by atoms with E-state index in [0.29, 0.717) is 36.3 Å². The van der Waals surface area contributed by atoms with E-state index in [1.807, 2.05) is 4.90 Å². The molecule has 4 fully saturated rings. The number of hydrogen-bond acceptors (Lipinski definition) is 3. The minimum atomic E-state index is -0.612. The predicted molar refractivity (Wildman–Crippen MR) is 106 cm³/mol. The molecule has 6 heteroatoms. The van der Waals surface area contributed by atoms with Crippen molar-refractivity contribution in [2.45, 2.75) is 63.5 Å². The molecule has 4 nitrogen and oxygen atoms in total. The summed E-state index contributed by atoms with van der Waals surface area (Å²) in [6.45, 7) is 2.32. The van der Waals surface area contributed by atoms with Gasteiger partial charge in [-0.3, -0.25) is 4.79 Å². The number of hydrogen-bond donors (Lipinski definition) is 1. The van der Waals surface area contributed by atoms with Crippen LogP contribution in [-0.4, -0.2) is 29.4 Å². The Labute approximate surface area is 171 Å². The Morgan fingerprint density at radius 2 is 1.86 bits per heavy atom. The van der Waals surface area contributed by atoms with Crippen molar-refractivity contribution >= 4 is 5.91 Å². The maximum absolute atomic E-state index is 14.0. The van der Waals surface area contributed by atoms with Crippen molar-refractivity contribution in [3.8, 4) is 6.07 Å². The fourth-order valence-electron chi connectivity index (χ4n) is 6.48. The number of rotatable bonds is 7. The van der Waals surface area contributed by atoms with E-state index in [9.17, 15) is 13.6 Å². The lowest BCUT2D eigenvalue weighted by Gasteiger charge is -2.60. The van der Waals surface area contributed by atoms with E-state index in [-0.39, 0.29) is 18.0 Å². The van der Waals surface area contributed by atoms with Crippen LogP contribution in [-0.2, 0) is 4.79 Å². The highest BCUT2D eigenvalue weighted by atomic mass is 19.1. The summed E-state index contributed by atoms with van der Waals surface area (Å²) in [6, 6.07) is 5.29. The first-order valence-electron chi connectivity index (χ1n) is 10.8. The topological polar surface area (TPSA) is 56.1 Å². The van der Waals surface area contributed by atoms with Crippen molar-refractivity contribution < 1.29 is 13.6 Å². The molecule has 0 aliphatic heterocycles. The second-order valence-electron chi connectivity index (χ2n) is 9.36. The zero-order chi connectivity index (χ0) is 20.6. The fraction of sp³-hybridized carbons (Fsp3) is 0.652. The smallest absolute Gasteiger partial charge is 0.237 e. The largest absolute Gasteiger partial charge is 0.335 e. The second-order valence-corrected chi connectivity index (χ2v) is 9.36. The van der Waals surface area contributed by atoms with Crippen molar-refractivity contribution in [1.29, 1.82) is 5.26 Å². The van der Waals surface area contributed by atoms with Crippen LogP contribution in [0.1, 0.15) is 63.5 Å². The van der Waals surface area contributed by atoms with Gasteiger partial charge in [0.15, 0.2) is 0 Å². The molecule has 0 radical (unpaired) electrons. The Morgan fingerprint density at radius 3 is 2.41 bits per heavy atom. The van der Waals surface area contributed by atoms with E-state index in [2.05, 4.69) is 11.4 Å². The van der Waals surface area contributed by atoms with Gasteiger partial charge in [0, 0.05) is 29.8 Å². The highest BCUT2D eigenvalue weighted by Crippen LogP contribution is 2.57. The van der Waals surface area contributed by atoms with Gasteiger partial charge < -0.3 is 10.2 Å². The van der Waals surface area contributed by atoms with Crippen molar-refractivity contribution in [3.05, 3.63) is 35.4 Å². The van der Waals surface area contributed by atoms with Gasteiger partial charge in [0.2, 0.25) is 5.91 Å². The number of carbonyl (C=O) groups excluding carboxylic acids is 1. The minimum Gasteiger partial charge on any atom is -0.335 e. The first-order valence-corrected chi connectivity index (χ1v) is 10.8. The van der Waals surface area contributed by atoms with Gasteiger partial charge in [-0.25, -0.2) is 8.78 Å². The normalized spacial score (nSPS) is 30.8. The van der Waals surface area contributed by atoms with Crippen LogP contribution in [0, 0.1) is 40.7 Å². The molecular formula is C23H29F2N3O. The highest BCUT2D eigenvalue weighted by Gasteiger charge is 2.54. The molecule has 29 heavy (non-hydrogen) atoms. The van der Waals surface area contributed by atoms with Gasteiger partial charge in [-0.1, -0.05) is 6.07 Å². The third-order valence-corrected chi connectivity index (χ3v) is 7.32. The Bertz CT molecular complexity index is 784. The highest BCUT2D eigenvalue weighted by molar-refractivity contribution is 5.79. The SMILES string of the molecule is C[C@@H](NCC(=O)N(CCC#N)C12CC3CC(CC(C3)C1)C2)c1ccc(F)cc1F. The van der Waals surface area contributed by atoms with Gasteiger partial charge >= 0.3 is 0 Å². The lowest BCUT2D eigenvalue weighted by Crippen LogP contribution is -2.62. The average Bonchev–Trinajstić information content (AvgIpc) is 2.65. The number of amides is 1. The molecule has 1 aromatic rings. The van der Waals surface area contributed by atoms with Crippen LogP contribution < -0.4 is 5.32 Å². The van der Waals surface area contributed by atoms with E-state index >= 15 is 0 Å². The summed E-state index contributed by atoms with van der Waals surface area (Å²) < 4.78 is 27.2. The summed E-state index contributed by atoms with van der Waals surface area (Å²) in [4.78, 5) is 15.2. The Kier molecular flexibility index (Phi) is 5.61. The molecule has 4 aliphatic carbocycles. The minimum absolute atomic E-state index is 0.0171. The zero-order valence-corrected chi connectivity index (χ0v) is 17.0. The lowest BCUT2D eigenvalue weighted by atomic mass is 9.52. The van der Waals surface area contributed by atoms with Gasteiger partial charge in [-0.15, -0.1) is 0 Å². The zero-order valence-electron chi connectivity index (χ0n) is 17.0. The summed E-state index contributed by atoms with van der Waals surface area (Å²) in [5.41, 5.74) is 0.243. The van der Waals surface area contributed by atoms with Crippen LogP contribution >= 0.6 is 0 Å². The van der Waals surface area contributed by atoms with E-state index in [4.69, 9.17) is 5.26 Å². The van der Waals surface area contributed by atoms with E-state index in [0.717, 1.165) is 25.3 Å². The molecule has 0 spiro atoms. The summed E-state index contributed by atoms with van der Waals surface area (Å²) in [5.74, 6) is 0.881. The maximum atomic E-state index is 14.0. The Morgan fingerprint density at radius 1 is 1.24 bits per heavy atom. The number of carbonyl (C=O) groups is 1. The van der Waals surface area contributed by atoms with E-state index in [1.165, 1.54) is 31.4 Å². The second kappa shape index (κ2) is 8.02. The summed E-state index contributed by atoms with van der Waals surface area (Å²) in [7, 11) is 0. The third-order valence-electron chi connectivity index (χ3n) is 7.32. The molecule has 4 bridgehead atoms. The van der Waals surface area contributed by atoms with Crippen LogP contribution in [0.5, 0.6) is 0 Å². The molecule has 0 aromatic heterocycles. The molecule has 1 aromatic carbocycles. The number of halogens is 2. The molecule has 1 atom stereocenters. The average molecular weight is 402 g/mol. The Hall–Kier alpha value is -2.00. The molecule has 1 amide bonds. The van der Waals surface area contributed by atoms with Crippen LogP contribution in [0.2, 0.25) is 0 Å². The molecule has 5 rings (SSSR count). The molecule has 0 saturated heterocycles. The van der Waals surface area contributed by atoms with Crippen molar-refractivity contribution in [1.82, 2.24) is 10.2 Å². The van der Waals surface area contributed by atoms with Gasteiger partial charge in [0.25, 0.3) is 0 Å². The van der Waals surface area contributed by atoms with Gasteiger partial charge in [0.1, 0.15) is 11.6 Å². The molecule has 156 valence electrons. The maximum Gasteiger partial charge on any atom is 0.237 e. The molecule has 4 saturated carbocycles. The molecule has 4 aliphatic rings. The summed E-state index contributed by atoms with van der Waals surface area (Å²) in [6.07, 6.45) is 7.36. The Balaban J connectivity index is 1.46. The first-order chi connectivity index (χ1) is 13.9. The van der Waals surface area contributed by atoms with Gasteiger partial charge in [-0.05, 0) is 69.3 Å². The molecule has 0 heterocycles. The summed E-state index contributed by atoms with van der Waals surface area (Å²) in [5, 5.41) is 12.2. The number of nitriles is 1. The van der Waals surface area contributed by atoms with Crippen molar-refractivity contribution in [2.24, 2.45) is 17.8 Å². The summed E-state index contributed by atoms with van der Waals surface area (Å²) >= 11 is 0. The molecular weight excluding hydrogens is 372 g/mol. The van der Waals surface area contributed by atoms with Crippen molar-refractivity contribution in [3.63, 3.8) is 0 Å². The van der Waals surface area contributed by atoms with Crippen LogP contribution in [0.15, 0.2) is 18.2 Å². The molecule has 1 N–H and O–H groups in total. The van der Waals surface area contributed by atoms with Crippen LogP contribution in [0.25, 0.3) is 0 Å². The quantitative estimate of drug-likeness (QED) is 0.740. The number of benzene rings is 1. The monoisotopic (exact) mass is 401 g/mol. The standard InChI is InChI=1S/C23H29F2N3O/c1-15(20-4-3-19(24)10-21(20)25)27-14-22(29)28(6-2-5-26)23-11-16-7-17(12-23)9-18(8-16)13-23/h3-4,10,15-18,27H,2,6-9,11-14H2,1H3/t15-,16?,17?,18?,23?/m1/s1. The van der Waals surface area contributed by atoms with E-state index in [1.54, 1.807) is 6.92 Å². The van der Waals surface area contributed by atoms with Gasteiger partial charge in [0.05, 0.1) is 19.0 Å². The van der Waals surface area contributed by atoms with Crippen LogP contribution in [0.3, 0.4) is 0 Å². The molecule has 0 unspecified atom stereocenters. The van der Waals surface area contributed by atoms with Crippen molar-refractivity contribution in [2.75, 3.05) is 13.1 Å². The van der Waals surface area contributed by atoms with Crippen LogP contribution in [0.4, 0.5) is 8.78 Å². The van der Waals surface area contributed by atoms with Gasteiger partial charge in [-0.2, -0.15) is 5.26 Å².